The molecular formula is C16H16O4S. The largest absolute Gasteiger partial charge is 0.497 e. The Morgan fingerprint density at radius 2 is 1.71 bits per heavy atom. The molecule has 0 radical (unpaired) electrons. The number of rotatable bonds is 6. The van der Waals surface area contributed by atoms with Gasteiger partial charge in [0, 0.05) is 15.4 Å². The van der Waals surface area contributed by atoms with Gasteiger partial charge in [-0.2, -0.15) is 0 Å². The maximum Gasteiger partial charge on any atom is 0.307 e. The van der Waals surface area contributed by atoms with Gasteiger partial charge in [0.1, 0.15) is 11.5 Å². The summed E-state index contributed by atoms with van der Waals surface area (Å²) in [6.07, 6.45) is -0.0554. The van der Waals surface area contributed by atoms with Crippen molar-refractivity contribution in [2.75, 3.05) is 14.2 Å². The molecule has 0 aliphatic rings. The molecule has 4 nitrogen and oxygen atoms in total. The number of carboxylic acid groups (broad SMARTS) is 1. The van der Waals surface area contributed by atoms with Crippen molar-refractivity contribution in [3.63, 3.8) is 0 Å². The van der Waals surface area contributed by atoms with Crippen molar-refractivity contribution in [3.8, 4) is 11.5 Å². The molecule has 21 heavy (non-hydrogen) atoms. The average molecular weight is 304 g/mol. The SMILES string of the molecule is COc1ccc(Sc2ccc(OC)c(CC(=O)O)c2)cc1. The molecule has 0 atom stereocenters. The third-order valence-electron chi connectivity index (χ3n) is 2.89. The lowest BCUT2D eigenvalue weighted by atomic mass is 10.1. The topological polar surface area (TPSA) is 55.8 Å². The summed E-state index contributed by atoms with van der Waals surface area (Å²) in [4.78, 5) is 12.9. The van der Waals surface area contributed by atoms with E-state index < -0.39 is 5.97 Å². The Labute approximate surface area is 127 Å². The Balaban J connectivity index is 2.20. The lowest BCUT2D eigenvalue weighted by Crippen LogP contribution is -2.02. The van der Waals surface area contributed by atoms with E-state index in [2.05, 4.69) is 0 Å². The molecule has 0 bridgehead atoms. The number of methoxy groups -OCH3 is 2. The molecule has 0 unspecified atom stereocenters. The molecule has 0 saturated heterocycles. The van der Waals surface area contributed by atoms with E-state index in [1.54, 1.807) is 24.9 Å². The predicted molar refractivity (Wildman–Crippen MR) is 81.5 cm³/mol. The number of hydrogen-bond acceptors (Lipinski definition) is 4. The maximum atomic E-state index is 10.9. The van der Waals surface area contributed by atoms with Gasteiger partial charge in [0.25, 0.3) is 0 Å². The number of carbonyl (C=O) groups is 1. The number of hydrogen-bond donors (Lipinski definition) is 1. The normalized spacial score (nSPS) is 10.2. The van der Waals surface area contributed by atoms with E-state index in [1.165, 1.54) is 7.11 Å². The van der Waals surface area contributed by atoms with E-state index >= 15 is 0 Å². The zero-order valence-electron chi connectivity index (χ0n) is 11.8. The summed E-state index contributed by atoms with van der Waals surface area (Å²) in [6.45, 7) is 0. The van der Waals surface area contributed by atoms with Crippen LogP contribution >= 0.6 is 11.8 Å². The fraction of sp³-hybridized carbons (Fsp3) is 0.188. The molecule has 0 amide bonds. The van der Waals surface area contributed by atoms with Crippen LogP contribution in [-0.4, -0.2) is 25.3 Å². The van der Waals surface area contributed by atoms with Crippen LogP contribution in [0.15, 0.2) is 52.3 Å². The predicted octanol–water partition coefficient (Wildman–Crippen LogP) is 3.48. The molecule has 0 aliphatic heterocycles. The maximum absolute atomic E-state index is 10.9. The van der Waals surface area contributed by atoms with Gasteiger partial charge in [-0.1, -0.05) is 11.8 Å². The fourth-order valence-electron chi connectivity index (χ4n) is 1.90. The van der Waals surface area contributed by atoms with Crippen LogP contribution in [0.2, 0.25) is 0 Å². The van der Waals surface area contributed by atoms with Crippen molar-refractivity contribution in [1.29, 1.82) is 0 Å². The third-order valence-corrected chi connectivity index (χ3v) is 3.89. The molecule has 0 heterocycles. The molecule has 0 aromatic heterocycles. The van der Waals surface area contributed by atoms with E-state index in [1.807, 2.05) is 36.4 Å². The molecule has 110 valence electrons. The van der Waals surface area contributed by atoms with Gasteiger partial charge in [-0.05, 0) is 42.5 Å². The second-order valence-corrected chi connectivity index (χ2v) is 5.47. The first-order valence-corrected chi connectivity index (χ1v) is 7.14. The summed E-state index contributed by atoms with van der Waals surface area (Å²) in [6, 6.07) is 13.3. The molecular weight excluding hydrogens is 288 g/mol. The fourth-order valence-corrected chi connectivity index (χ4v) is 2.78. The lowest BCUT2D eigenvalue weighted by molar-refractivity contribution is -0.136. The third kappa shape index (κ3) is 4.16. The summed E-state index contributed by atoms with van der Waals surface area (Å²) in [5, 5.41) is 8.95. The molecule has 5 heteroatoms. The number of ether oxygens (including phenoxy) is 2. The highest BCUT2D eigenvalue weighted by Gasteiger charge is 2.09. The summed E-state index contributed by atoms with van der Waals surface area (Å²) in [5.41, 5.74) is 0.670. The first-order chi connectivity index (χ1) is 10.1. The van der Waals surface area contributed by atoms with Gasteiger partial charge in [0.05, 0.1) is 20.6 Å². The van der Waals surface area contributed by atoms with Crippen LogP contribution in [0.25, 0.3) is 0 Å². The van der Waals surface area contributed by atoms with Crippen LogP contribution < -0.4 is 9.47 Å². The van der Waals surface area contributed by atoms with Gasteiger partial charge in [-0.3, -0.25) is 4.79 Å². The molecule has 2 aromatic carbocycles. The zero-order chi connectivity index (χ0) is 15.2. The van der Waals surface area contributed by atoms with Gasteiger partial charge in [0.2, 0.25) is 0 Å². The van der Waals surface area contributed by atoms with E-state index in [-0.39, 0.29) is 6.42 Å². The van der Waals surface area contributed by atoms with E-state index in [0.29, 0.717) is 11.3 Å². The quantitative estimate of drug-likeness (QED) is 0.885. The molecule has 1 N–H and O–H groups in total. The monoisotopic (exact) mass is 304 g/mol. The van der Waals surface area contributed by atoms with Crippen molar-refractivity contribution in [2.24, 2.45) is 0 Å². The smallest absolute Gasteiger partial charge is 0.307 e. The minimum absolute atomic E-state index is 0.0554. The van der Waals surface area contributed by atoms with Gasteiger partial charge in [-0.25, -0.2) is 0 Å². The van der Waals surface area contributed by atoms with Crippen molar-refractivity contribution in [3.05, 3.63) is 48.0 Å². The van der Waals surface area contributed by atoms with Gasteiger partial charge in [0.15, 0.2) is 0 Å². The molecule has 0 aliphatic carbocycles. The molecule has 2 rings (SSSR count). The Morgan fingerprint density at radius 1 is 1.05 bits per heavy atom. The summed E-state index contributed by atoms with van der Waals surface area (Å²) < 4.78 is 10.3. The number of benzene rings is 2. The van der Waals surface area contributed by atoms with E-state index in [0.717, 1.165) is 15.5 Å². The van der Waals surface area contributed by atoms with Crippen molar-refractivity contribution >= 4 is 17.7 Å². The molecule has 0 fully saturated rings. The molecule has 0 saturated carbocycles. The second kappa shape index (κ2) is 7.04. The minimum Gasteiger partial charge on any atom is -0.497 e. The van der Waals surface area contributed by atoms with Crippen molar-refractivity contribution in [2.45, 2.75) is 16.2 Å². The zero-order valence-corrected chi connectivity index (χ0v) is 12.6. The first-order valence-electron chi connectivity index (χ1n) is 6.33. The van der Waals surface area contributed by atoms with Crippen LogP contribution in [-0.2, 0) is 11.2 Å². The molecule has 2 aromatic rings. The van der Waals surface area contributed by atoms with Crippen molar-refractivity contribution in [1.82, 2.24) is 0 Å². The average Bonchev–Trinajstić information content (AvgIpc) is 2.48. The second-order valence-electron chi connectivity index (χ2n) is 4.32. The standard InChI is InChI=1S/C16H16O4S/c1-19-12-3-5-13(6-4-12)21-14-7-8-15(20-2)11(9-14)10-16(17)18/h3-9H,10H2,1-2H3,(H,17,18). The van der Waals surface area contributed by atoms with Gasteiger partial charge in [-0.15, -0.1) is 0 Å². The van der Waals surface area contributed by atoms with Crippen LogP contribution in [0.4, 0.5) is 0 Å². The summed E-state index contributed by atoms with van der Waals surface area (Å²) >= 11 is 1.56. The Bertz CT molecular complexity index is 623. The van der Waals surface area contributed by atoms with Gasteiger partial charge < -0.3 is 14.6 Å². The number of aliphatic carboxylic acids is 1. The Morgan fingerprint density at radius 3 is 2.29 bits per heavy atom. The van der Waals surface area contributed by atoms with Gasteiger partial charge >= 0.3 is 5.97 Å². The van der Waals surface area contributed by atoms with Crippen molar-refractivity contribution < 1.29 is 19.4 Å². The van der Waals surface area contributed by atoms with Crippen LogP contribution in [0, 0.1) is 0 Å². The summed E-state index contributed by atoms with van der Waals surface area (Å²) in [7, 11) is 3.17. The minimum atomic E-state index is -0.875. The Hall–Kier alpha value is -2.14. The highest BCUT2D eigenvalue weighted by molar-refractivity contribution is 7.99. The first kappa shape index (κ1) is 15.3. The number of carboxylic acids is 1. The lowest BCUT2D eigenvalue weighted by Gasteiger charge is -2.09. The van der Waals surface area contributed by atoms with Crippen LogP contribution in [0.3, 0.4) is 0 Å². The molecule has 0 spiro atoms. The highest BCUT2D eigenvalue weighted by atomic mass is 32.2. The van der Waals surface area contributed by atoms with Crippen LogP contribution in [0.1, 0.15) is 5.56 Å². The summed E-state index contributed by atoms with van der Waals surface area (Å²) in [5.74, 6) is 0.525. The van der Waals surface area contributed by atoms with E-state index in [4.69, 9.17) is 14.6 Å². The highest BCUT2D eigenvalue weighted by Crippen LogP contribution is 2.32. The van der Waals surface area contributed by atoms with Crippen LogP contribution in [0.5, 0.6) is 11.5 Å². The van der Waals surface area contributed by atoms with E-state index in [9.17, 15) is 4.79 Å². The Kier molecular flexibility index (Phi) is 5.11.